The SMILES string of the molecule is COc1ccc2c(c1)CCN(C1CCN(C(=O)Cn3cc(-c4cccc(F)c4Cl)c(=O)n(CCN(C)C(=O)O)c3=O)CC1)C(=O)N2. The molecule has 0 spiro atoms. The Labute approximate surface area is 268 Å². The molecule has 1 fully saturated rings. The number of fused-ring (bicyclic) bond motifs is 1. The van der Waals surface area contributed by atoms with Crippen LogP contribution in [0.5, 0.6) is 5.75 Å². The number of piperidine rings is 1. The molecule has 2 N–H and O–H groups in total. The van der Waals surface area contributed by atoms with E-state index in [2.05, 4.69) is 5.32 Å². The van der Waals surface area contributed by atoms with Crippen molar-refractivity contribution in [1.29, 1.82) is 0 Å². The number of nitrogens with one attached hydrogen (secondary N) is 1. The highest BCUT2D eigenvalue weighted by molar-refractivity contribution is 6.33. The quantitative estimate of drug-likeness (QED) is 0.379. The predicted octanol–water partition coefficient (Wildman–Crippen LogP) is 3.17. The van der Waals surface area contributed by atoms with Crippen molar-refractivity contribution in [1.82, 2.24) is 23.8 Å². The molecule has 1 saturated heterocycles. The van der Waals surface area contributed by atoms with E-state index < -0.39 is 29.7 Å². The largest absolute Gasteiger partial charge is 0.497 e. The van der Waals surface area contributed by atoms with Crippen molar-refractivity contribution in [3.8, 4) is 16.9 Å². The molecule has 4 amide bonds. The van der Waals surface area contributed by atoms with E-state index >= 15 is 0 Å². The minimum atomic E-state index is -1.25. The lowest BCUT2D eigenvalue weighted by atomic mass is 10.0. The van der Waals surface area contributed by atoms with Gasteiger partial charge in [0.25, 0.3) is 5.56 Å². The number of likely N-dealkylation sites (tertiary alicyclic amines) is 1. The van der Waals surface area contributed by atoms with Gasteiger partial charge in [-0.15, -0.1) is 0 Å². The number of nitrogens with zero attached hydrogens (tertiary/aromatic N) is 5. The van der Waals surface area contributed by atoms with Gasteiger partial charge in [-0.2, -0.15) is 0 Å². The highest BCUT2D eigenvalue weighted by Gasteiger charge is 2.32. The standard InChI is InChI=1S/C31H34ClFN6O7/c1-35(31(44)45)14-15-39-28(41)23(22-4-3-5-24(33)27(22)32)17-37(30(39)43)18-26(40)36-11-9-20(10-12-36)38-13-8-19-16-21(46-2)6-7-25(19)34-29(38)42/h3-7,16-17,20H,8-15,18H2,1-2H3,(H,34,42)(H,44,45). The fourth-order valence-electron chi connectivity index (χ4n) is 5.78. The summed E-state index contributed by atoms with van der Waals surface area (Å²) in [5.74, 6) is -0.444. The molecular formula is C31H34ClFN6O7. The first kappa shape index (κ1) is 32.5. The smallest absolute Gasteiger partial charge is 0.407 e. The Kier molecular flexibility index (Phi) is 9.65. The van der Waals surface area contributed by atoms with E-state index in [9.17, 15) is 33.5 Å². The van der Waals surface area contributed by atoms with Crippen molar-refractivity contribution < 1.29 is 28.6 Å². The van der Waals surface area contributed by atoms with Gasteiger partial charge in [0.15, 0.2) is 0 Å². The van der Waals surface area contributed by atoms with Crippen molar-refractivity contribution in [3.63, 3.8) is 0 Å². The molecule has 5 rings (SSSR count). The Morgan fingerprint density at radius 3 is 2.54 bits per heavy atom. The van der Waals surface area contributed by atoms with Crippen LogP contribution in [0, 0.1) is 5.82 Å². The second kappa shape index (κ2) is 13.6. The van der Waals surface area contributed by atoms with Gasteiger partial charge in [-0.1, -0.05) is 23.7 Å². The molecule has 13 nitrogen and oxygen atoms in total. The van der Waals surface area contributed by atoms with Crippen LogP contribution in [-0.4, -0.2) is 93.4 Å². The number of anilines is 1. The third-order valence-corrected chi connectivity index (χ3v) is 8.85. The molecule has 3 aromatic rings. The first-order valence-corrected chi connectivity index (χ1v) is 15.1. The zero-order valence-electron chi connectivity index (χ0n) is 25.4. The average molecular weight is 657 g/mol. The summed E-state index contributed by atoms with van der Waals surface area (Å²) in [6.45, 7) is 0.289. The van der Waals surface area contributed by atoms with Gasteiger partial charge in [-0.05, 0) is 49.1 Å². The zero-order chi connectivity index (χ0) is 33.1. The minimum absolute atomic E-state index is 0.0327. The molecule has 0 unspecified atom stereocenters. The van der Waals surface area contributed by atoms with Crippen LogP contribution in [0.2, 0.25) is 5.02 Å². The predicted molar refractivity (Wildman–Crippen MR) is 168 cm³/mol. The van der Waals surface area contributed by atoms with Crippen LogP contribution in [0.25, 0.3) is 11.1 Å². The van der Waals surface area contributed by atoms with Crippen LogP contribution in [0.3, 0.4) is 0 Å². The number of carbonyl (C=O) groups excluding carboxylic acids is 2. The zero-order valence-corrected chi connectivity index (χ0v) is 26.1. The van der Waals surface area contributed by atoms with Gasteiger partial charge in [-0.3, -0.25) is 18.7 Å². The topological polar surface area (TPSA) is 146 Å². The number of benzene rings is 2. The number of methoxy groups -OCH3 is 1. The number of halogens is 2. The summed E-state index contributed by atoms with van der Waals surface area (Å²) in [4.78, 5) is 68.9. The second-order valence-electron chi connectivity index (χ2n) is 11.2. The number of carbonyl (C=O) groups is 3. The summed E-state index contributed by atoms with van der Waals surface area (Å²) in [5, 5.41) is 11.9. The fourth-order valence-corrected chi connectivity index (χ4v) is 6.01. The Hall–Kier alpha value is -4.85. The summed E-state index contributed by atoms with van der Waals surface area (Å²) in [6.07, 6.45) is 1.63. The number of hydrogen-bond donors (Lipinski definition) is 2. The Morgan fingerprint density at radius 1 is 1.11 bits per heavy atom. The van der Waals surface area contributed by atoms with Gasteiger partial charge in [-0.25, -0.2) is 18.8 Å². The number of carboxylic acid groups (broad SMARTS) is 1. The van der Waals surface area contributed by atoms with E-state index in [4.69, 9.17) is 16.3 Å². The Bertz CT molecular complexity index is 1790. The minimum Gasteiger partial charge on any atom is -0.497 e. The summed E-state index contributed by atoms with van der Waals surface area (Å²) >= 11 is 6.17. The van der Waals surface area contributed by atoms with Crippen molar-refractivity contribution >= 4 is 35.3 Å². The summed E-state index contributed by atoms with van der Waals surface area (Å²) in [5.41, 5.74) is 0.0202. The van der Waals surface area contributed by atoms with Crippen LogP contribution < -0.4 is 21.3 Å². The lowest BCUT2D eigenvalue weighted by Gasteiger charge is -2.38. The molecule has 0 atom stereocenters. The molecule has 0 bridgehead atoms. The molecule has 2 aliphatic heterocycles. The molecular weight excluding hydrogens is 623 g/mol. The lowest BCUT2D eigenvalue weighted by Crippen LogP contribution is -2.51. The second-order valence-corrected chi connectivity index (χ2v) is 11.6. The molecule has 1 aromatic heterocycles. The van der Waals surface area contributed by atoms with Gasteiger partial charge in [0.1, 0.15) is 18.1 Å². The Morgan fingerprint density at radius 2 is 1.85 bits per heavy atom. The molecule has 0 radical (unpaired) electrons. The molecule has 15 heteroatoms. The highest BCUT2D eigenvalue weighted by Crippen LogP contribution is 2.29. The third kappa shape index (κ3) is 6.71. The van der Waals surface area contributed by atoms with E-state index in [0.29, 0.717) is 44.6 Å². The van der Waals surface area contributed by atoms with Gasteiger partial charge in [0.2, 0.25) is 5.91 Å². The number of aromatic nitrogens is 2. The van der Waals surface area contributed by atoms with Gasteiger partial charge >= 0.3 is 17.8 Å². The van der Waals surface area contributed by atoms with E-state index in [-0.39, 0.29) is 47.2 Å². The van der Waals surface area contributed by atoms with Crippen molar-refractivity contribution in [2.75, 3.05) is 45.7 Å². The molecule has 46 heavy (non-hydrogen) atoms. The van der Waals surface area contributed by atoms with Gasteiger partial charge < -0.3 is 29.9 Å². The van der Waals surface area contributed by atoms with Crippen molar-refractivity contribution in [2.24, 2.45) is 0 Å². The maximum atomic E-state index is 14.3. The number of likely N-dealkylation sites (N-methyl/N-ethyl adjacent to an activating group) is 1. The summed E-state index contributed by atoms with van der Waals surface area (Å²) < 4.78 is 21.5. The monoisotopic (exact) mass is 656 g/mol. The fraction of sp³-hybridized carbons (Fsp3) is 0.387. The van der Waals surface area contributed by atoms with Crippen LogP contribution in [0.15, 0.2) is 52.2 Å². The Balaban J connectivity index is 1.32. The molecule has 3 heterocycles. The number of ether oxygens (including phenoxy) is 1. The number of urea groups is 1. The molecule has 0 saturated carbocycles. The molecule has 244 valence electrons. The highest BCUT2D eigenvalue weighted by atomic mass is 35.5. The van der Waals surface area contributed by atoms with Crippen LogP contribution >= 0.6 is 11.6 Å². The molecule has 2 aliphatic rings. The molecule has 2 aromatic carbocycles. The maximum absolute atomic E-state index is 14.3. The third-order valence-electron chi connectivity index (χ3n) is 8.46. The number of hydrogen-bond acceptors (Lipinski definition) is 6. The molecule has 0 aliphatic carbocycles. The van der Waals surface area contributed by atoms with E-state index in [0.717, 1.165) is 31.4 Å². The number of rotatable bonds is 8. The van der Waals surface area contributed by atoms with E-state index in [1.165, 1.54) is 25.4 Å². The van der Waals surface area contributed by atoms with E-state index in [1.807, 2.05) is 12.1 Å². The van der Waals surface area contributed by atoms with Crippen molar-refractivity contribution in [3.05, 3.63) is 79.8 Å². The first-order valence-electron chi connectivity index (χ1n) is 14.7. The van der Waals surface area contributed by atoms with Crippen molar-refractivity contribution in [2.45, 2.75) is 38.4 Å². The number of amides is 4. The van der Waals surface area contributed by atoms with E-state index in [1.54, 1.807) is 23.0 Å². The first-order chi connectivity index (χ1) is 22.0. The normalized spacial score (nSPS) is 15.2. The van der Waals surface area contributed by atoms with Gasteiger partial charge in [0, 0.05) is 63.3 Å². The van der Waals surface area contributed by atoms with Crippen LogP contribution in [0.4, 0.5) is 19.7 Å². The average Bonchev–Trinajstić information content (AvgIpc) is 3.21. The lowest BCUT2D eigenvalue weighted by molar-refractivity contribution is -0.133. The summed E-state index contributed by atoms with van der Waals surface area (Å²) in [7, 11) is 2.88. The van der Waals surface area contributed by atoms with Gasteiger partial charge in [0.05, 0.1) is 17.7 Å². The van der Waals surface area contributed by atoms with Crippen LogP contribution in [0.1, 0.15) is 18.4 Å². The maximum Gasteiger partial charge on any atom is 0.407 e. The van der Waals surface area contributed by atoms with Crippen LogP contribution in [-0.2, 0) is 24.3 Å². The summed E-state index contributed by atoms with van der Waals surface area (Å²) in [6, 6.07) is 9.12.